The zero-order valence-electron chi connectivity index (χ0n) is 13.2. The molecule has 0 saturated carbocycles. The van der Waals surface area contributed by atoms with E-state index < -0.39 is 0 Å². The minimum Gasteiger partial charge on any atom is -0.464 e. The summed E-state index contributed by atoms with van der Waals surface area (Å²) < 4.78 is 6.85. The van der Waals surface area contributed by atoms with Crippen molar-refractivity contribution in [1.82, 2.24) is 14.5 Å². The van der Waals surface area contributed by atoms with Gasteiger partial charge in [-0.15, -0.1) is 0 Å². The topological polar surface area (TPSA) is 64.4 Å². The molecule has 120 valence electrons. The summed E-state index contributed by atoms with van der Waals surface area (Å²) >= 11 is 0. The number of hydrogen-bond donors (Lipinski definition) is 0. The second-order valence-corrected chi connectivity index (χ2v) is 6.33. The molecule has 0 radical (unpaired) electrons. The number of methoxy groups -OCH3 is 1. The number of piperidine rings is 1. The third-order valence-electron chi connectivity index (χ3n) is 5.08. The lowest BCUT2D eigenvalue weighted by atomic mass is 9.80. The van der Waals surface area contributed by atoms with E-state index in [1.165, 1.54) is 7.11 Å². The van der Waals surface area contributed by atoms with Crippen molar-refractivity contribution in [1.29, 1.82) is 0 Å². The molecule has 0 aliphatic carbocycles. The fourth-order valence-corrected chi connectivity index (χ4v) is 3.74. The van der Waals surface area contributed by atoms with E-state index >= 15 is 0 Å². The van der Waals surface area contributed by atoms with Crippen LogP contribution in [0.15, 0.2) is 6.20 Å². The fourth-order valence-electron chi connectivity index (χ4n) is 3.74. The molecule has 1 atom stereocenters. The quantitative estimate of drug-likeness (QED) is 0.777. The van der Waals surface area contributed by atoms with E-state index in [0.717, 1.165) is 51.1 Å². The number of ether oxygens (including phenoxy) is 1. The Kier molecular flexibility index (Phi) is 4.18. The molecular weight excluding hydrogens is 282 g/mol. The van der Waals surface area contributed by atoms with Gasteiger partial charge in [0.05, 0.1) is 7.11 Å². The third-order valence-corrected chi connectivity index (χ3v) is 5.08. The van der Waals surface area contributed by atoms with Gasteiger partial charge in [0, 0.05) is 39.2 Å². The van der Waals surface area contributed by atoms with E-state index in [1.54, 1.807) is 6.92 Å². The largest absolute Gasteiger partial charge is 0.464 e. The molecular formula is C16H23N3O3. The molecule has 2 aliphatic rings. The first kappa shape index (κ1) is 15.1. The molecule has 3 rings (SSSR count). The van der Waals surface area contributed by atoms with Gasteiger partial charge in [-0.2, -0.15) is 0 Å². The Morgan fingerprint density at radius 1 is 1.23 bits per heavy atom. The average molecular weight is 305 g/mol. The van der Waals surface area contributed by atoms with Gasteiger partial charge in [0.15, 0.2) is 5.69 Å². The molecule has 1 fully saturated rings. The average Bonchev–Trinajstić information content (AvgIpc) is 2.97. The Hall–Kier alpha value is -1.85. The number of likely N-dealkylation sites (tertiary alicyclic amines) is 1. The standard InChI is InChI=1S/C16H23N3O3/c1-11(20)18-7-5-12(6-8-18)13-3-4-15-17-14(16(21)22-2)10-19(15)9-13/h10,12-13H,3-9H2,1-2H3/t13-/m0/s1. The van der Waals surface area contributed by atoms with Gasteiger partial charge in [-0.3, -0.25) is 4.79 Å². The minimum atomic E-state index is -0.367. The summed E-state index contributed by atoms with van der Waals surface area (Å²) in [5, 5.41) is 0. The first-order valence-electron chi connectivity index (χ1n) is 7.98. The van der Waals surface area contributed by atoms with Crippen molar-refractivity contribution < 1.29 is 14.3 Å². The molecule has 6 heteroatoms. The number of aromatic nitrogens is 2. The molecule has 0 bridgehead atoms. The van der Waals surface area contributed by atoms with E-state index in [4.69, 9.17) is 4.74 Å². The van der Waals surface area contributed by atoms with Crippen molar-refractivity contribution in [2.45, 2.75) is 39.2 Å². The summed E-state index contributed by atoms with van der Waals surface area (Å²) in [4.78, 5) is 29.3. The highest BCUT2D eigenvalue weighted by Crippen LogP contribution is 2.32. The van der Waals surface area contributed by atoms with Crippen LogP contribution in [0.4, 0.5) is 0 Å². The van der Waals surface area contributed by atoms with E-state index in [9.17, 15) is 9.59 Å². The Morgan fingerprint density at radius 2 is 1.95 bits per heavy atom. The van der Waals surface area contributed by atoms with Crippen molar-refractivity contribution in [3.8, 4) is 0 Å². The summed E-state index contributed by atoms with van der Waals surface area (Å²) in [5.41, 5.74) is 0.407. The van der Waals surface area contributed by atoms with Crippen LogP contribution in [0.2, 0.25) is 0 Å². The van der Waals surface area contributed by atoms with Crippen molar-refractivity contribution in [3.05, 3.63) is 17.7 Å². The maximum atomic E-state index is 11.6. The van der Waals surface area contributed by atoms with Crippen LogP contribution in [-0.2, 0) is 22.5 Å². The van der Waals surface area contributed by atoms with Gasteiger partial charge in [-0.05, 0) is 31.1 Å². The maximum Gasteiger partial charge on any atom is 0.358 e. The Morgan fingerprint density at radius 3 is 2.59 bits per heavy atom. The zero-order chi connectivity index (χ0) is 15.7. The molecule has 6 nitrogen and oxygen atoms in total. The van der Waals surface area contributed by atoms with Gasteiger partial charge < -0.3 is 14.2 Å². The van der Waals surface area contributed by atoms with E-state index in [1.807, 2.05) is 11.1 Å². The van der Waals surface area contributed by atoms with E-state index in [-0.39, 0.29) is 11.9 Å². The summed E-state index contributed by atoms with van der Waals surface area (Å²) in [5.74, 6) is 2.07. The SMILES string of the molecule is COC(=O)c1cn2c(n1)CC[C@H](C1CCN(C(C)=O)CC1)C2. The summed E-state index contributed by atoms with van der Waals surface area (Å²) in [6, 6.07) is 0. The first-order valence-corrected chi connectivity index (χ1v) is 7.98. The predicted molar refractivity (Wildman–Crippen MR) is 80.4 cm³/mol. The Labute approximate surface area is 130 Å². The maximum absolute atomic E-state index is 11.6. The lowest BCUT2D eigenvalue weighted by molar-refractivity contribution is -0.130. The van der Waals surface area contributed by atoms with Crippen molar-refractivity contribution >= 4 is 11.9 Å². The van der Waals surface area contributed by atoms with Crippen LogP contribution in [-0.4, -0.2) is 46.5 Å². The number of esters is 1. The number of amides is 1. The van der Waals surface area contributed by atoms with E-state index in [2.05, 4.69) is 9.55 Å². The highest BCUT2D eigenvalue weighted by Gasteiger charge is 2.31. The fraction of sp³-hybridized carbons (Fsp3) is 0.688. The Balaban J connectivity index is 1.64. The van der Waals surface area contributed by atoms with Crippen LogP contribution >= 0.6 is 0 Å². The third kappa shape index (κ3) is 2.87. The second kappa shape index (κ2) is 6.10. The Bertz CT molecular complexity index is 573. The van der Waals surface area contributed by atoms with Gasteiger partial charge in [0.2, 0.25) is 5.91 Å². The molecule has 1 saturated heterocycles. The number of nitrogens with zero attached hydrogens (tertiary/aromatic N) is 3. The van der Waals surface area contributed by atoms with Crippen LogP contribution in [0.3, 0.4) is 0 Å². The summed E-state index contributed by atoms with van der Waals surface area (Å²) in [6.07, 6.45) is 6.01. The van der Waals surface area contributed by atoms with Crippen LogP contribution in [0, 0.1) is 11.8 Å². The van der Waals surface area contributed by atoms with Crippen LogP contribution < -0.4 is 0 Å². The number of aryl methyl sites for hydroxylation is 1. The van der Waals surface area contributed by atoms with Crippen LogP contribution in [0.25, 0.3) is 0 Å². The number of fused-ring (bicyclic) bond motifs is 1. The smallest absolute Gasteiger partial charge is 0.358 e. The van der Waals surface area contributed by atoms with Crippen molar-refractivity contribution in [2.75, 3.05) is 20.2 Å². The van der Waals surface area contributed by atoms with Gasteiger partial charge in [0.25, 0.3) is 0 Å². The number of carbonyl (C=O) groups is 2. The molecule has 1 aromatic heterocycles. The lowest BCUT2D eigenvalue weighted by Crippen LogP contribution is -2.40. The van der Waals surface area contributed by atoms with Crippen LogP contribution in [0.1, 0.15) is 42.5 Å². The number of rotatable bonds is 2. The minimum absolute atomic E-state index is 0.182. The summed E-state index contributed by atoms with van der Waals surface area (Å²) in [7, 11) is 1.38. The first-order chi connectivity index (χ1) is 10.6. The molecule has 2 aliphatic heterocycles. The number of imidazole rings is 1. The second-order valence-electron chi connectivity index (χ2n) is 6.33. The monoisotopic (exact) mass is 305 g/mol. The van der Waals surface area contributed by atoms with Crippen molar-refractivity contribution in [3.63, 3.8) is 0 Å². The molecule has 1 aromatic rings. The van der Waals surface area contributed by atoms with E-state index in [0.29, 0.717) is 17.5 Å². The highest BCUT2D eigenvalue weighted by atomic mass is 16.5. The molecule has 0 aromatic carbocycles. The molecule has 0 N–H and O–H groups in total. The van der Waals surface area contributed by atoms with Gasteiger partial charge >= 0.3 is 5.97 Å². The van der Waals surface area contributed by atoms with Crippen molar-refractivity contribution in [2.24, 2.45) is 11.8 Å². The zero-order valence-corrected chi connectivity index (χ0v) is 13.2. The number of hydrogen-bond acceptors (Lipinski definition) is 4. The summed E-state index contributed by atoms with van der Waals surface area (Å²) in [6.45, 7) is 4.32. The van der Waals surface area contributed by atoms with Gasteiger partial charge in [0.1, 0.15) is 5.82 Å². The molecule has 22 heavy (non-hydrogen) atoms. The normalized spacial score (nSPS) is 22.3. The predicted octanol–water partition coefficient (Wildman–Crippen LogP) is 1.49. The molecule has 0 spiro atoms. The molecule has 1 amide bonds. The molecule has 0 unspecified atom stereocenters. The number of carbonyl (C=O) groups excluding carboxylic acids is 2. The highest BCUT2D eigenvalue weighted by molar-refractivity contribution is 5.86. The van der Waals surface area contributed by atoms with Gasteiger partial charge in [-0.25, -0.2) is 9.78 Å². The molecule has 3 heterocycles. The van der Waals surface area contributed by atoms with Crippen LogP contribution in [0.5, 0.6) is 0 Å². The van der Waals surface area contributed by atoms with Gasteiger partial charge in [-0.1, -0.05) is 0 Å². The lowest BCUT2D eigenvalue weighted by Gasteiger charge is -2.37.